The highest BCUT2D eigenvalue weighted by molar-refractivity contribution is 5.93. The molecule has 2 heterocycles. The van der Waals surface area contributed by atoms with Gasteiger partial charge in [0.2, 0.25) is 11.9 Å². The third-order valence-electron chi connectivity index (χ3n) is 3.51. The van der Waals surface area contributed by atoms with E-state index in [-0.39, 0.29) is 5.95 Å². The van der Waals surface area contributed by atoms with Crippen LogP contribution in [-0.2, 0) is 9.53 Å². The number of aromatic nitrogens is 2. The van der Waals surface area contributed by atoms with E-state index in [0.29, 0.717) is 26.2 Å². The molecule has 1 aromatic rings. The molecule has 0 bridgehead atoms. The number of anilines is 1. The zero-order valence-electron chi connectivity index (χ0n) is 15.7. The van der Waals surface area contributed by atoms with E-state index in [0.717, 1.165) is 6.20 Å². The van der Waals surface area contributed by atoms with Crippen molar-refractivity contribution in [2.75, 3.05) is 31.1 Å². The SMILES string of the molecule is CC(=O)NNC(=O)c1nc(N2CCN(C(=O)OC(C)(C)C)CC2)ncc1F. The zero-order chi connectivity index (χ0) is 20.2. The van der Waals surface area contributed by atoms with Gasteiger partial charge >= 0.3 is 6.09 Å². The molecule has 2 rings (SSSR count). The Morgan fingerprint density at radius 2 is 1.78 bits per heavy atom. The van der Waals surface area contributed by atoms with Crippen molar-refractivity contribution in [3.8, 4) is 0 Å². The molecule has 0 saturated carbocycles. The van der Waals surface area contributed by atoms with Crippen molar-refractivity contribution in [1.29, 1.82) is 0 Å². The lowest BCUT2D eigenvalue weighted by Gasteiger charge is -2.35. The summed E-state index contributed by atoms with van der Waals surface area (Å²) in [6, 6.07) is 0. The smallest absolute Gasteiger partial charge is 0.410 e. The minimum atomic E-state index is -0.908. The number of nitrogens with one attached hydrogen (secondary N) is 2. The second-order valence-electron chi connectivity index (χ2n) is 6.96. The van der Waals surface area contributed by atoms with Gasteiger partial charge in [-0.05, 0) is 20.8 Å². The maximum absolute atomic E-state index is 13.9. The standard InChI is InChI=1S/C16H23FN6O4/c1-10(24)20-21-13(25)12-11(17)9-18-14(19-12)22-5-7-23(8-6-22)15(26)27-16(2,3)4/h9H,5-8H2,1-4H3,(H,20,24)(H,21,25). The zero-order valence-corrected chi connectivity index (χ0v) is 15.7. The number of hydrogen-bond acceptors (Lipinski definition) is 7. The molecular formula is C16H23FN6O4. The monoisotopic (exact) mass is 382 g/mol. The van der Waals surface area contributed by atoms with Gasteiger partial charge in [0.15, 0.2) is 11.5 Å². The summed E-state index contributed by atoms with van der Waals surface area (Å²) in [6.07, 6.45) is 0.489. The Labute approximate surface area is 156 Å². The molecule has 3 amide bonds. The maximum Gasteiger partial charge on any atom is 0.410 e. The summed E-state index contributed by atoms with van der Waals surface area (Å²) in [7, 11) is 0. The molecule has 0 spiro atoms. The number of carbonyl (C=O) groups is 3. The number of amides is 3. The van der Waals surface area contributed by atoms with Crippen LogP contribution in [0.15, 0.2) is 6.20 Å². The molecule has 0 unspecified atom stereocenters. The van der Waals surface area contributed by atoms with Crippen molar-refractivity contribution in [2.24, 2.45) is 0 Å². The van der Waals surface area contributed by atoms with Gasteiger partial charge in [0.05, 0.1) is 6.20 Å². The van der Waals surface area contributed by atoms with Gasteiger partial charge in [-0.2, -0.15) is 0 Å². The van der Waals surface area contributed by atoms with E-state index in [1.807, 2.05) is 0 Å². The Balaban J connectivity index is 2.02. The third-order valence-corrected chi connectivity index (χ3v) is 3.51. The fraction of sp³-hybridized carbons (Fsp3) is 0.562. The Hall–Kier alpha value is -2.98. The second kappa shape index (κ2) is 8.14. The van der Waals surface area contributed by atoms with E-state index in [1.54, 1.807) is 30.6 Å². The van der Waals surface area contributed by atoms with Gasteiger partial charge in [0, 0.05) is 33.1 Å². The van der Waals surface area contributed by atoms with Gasteiger partial charge in [-0.1, -0.05) is 0 Å². The Bertz CT molecular complexity index is 728. The van der Waals surface area contributed by atoms with E-state index >= 15 is 0 Å². The minimum Gasteiger partial charge on any atom is -0.444 e. The molecule has 10 nitrogen and oxygen atoms in total. The molecular weight excluding hydrogens is 359 g/mol. The number of carbonyl (C=O) groups excluding carboxylic acids is 3. The van der Waals surface area contributed by atoms with Gasteiger partial charge in [-0.25, -0.2) is 19.2 Å². The molecule has 1 saturated heterocycles. The van der Waals surface area contributed by atoms with Crippen LogP contribution in [0.3, 0.4) is 0 Å². The lowest BCUT2D eigenvalue weighted by Crippen LogP contribution is -2.50. The number of ether oxygens (including phenoxy) is 1. The summed E-state index contributed by atoms with van der Waals surface area (Å²) in [6.45, 7) is 8.14. The van der Waals surface area contributed by atoms with Crippen molar-refractivity contribution in [3.05, 3.63) is 17.7 Å². The minimum absolute atomic E-state index is 0.160. The van der Waals surface area contributed by atoms with Crippen LogP contribution in [0.4, 0.5) is 15.1 Å². The van der Waals surface area contributed by atoms with Crippen molar-refractivity contribution < 1.29 is 23.5 Å². The van der Waals surface area contributed by atoms with Crippen molar-refractivity contribution in [1.82, 2.24) is 25.7 Å². The first-order valence-corrected chi connectivity index (χ1v) is 8.39. The van der Waals surface area contributed by atoms with Crippen LogP contribution in [0.5, 0.6) is 0 Å². The fourth-order valence-corrected chi connectivity index (χ4v) is 2.29. The third kappa shape index (κ3) is 5.76. The van der Waals surface area contributed by atoms with Crippen LogP contribution < -0.4 is 15.8 Å². The lowest BCUT2D eigenvalue weighted by molar-refractivity contribution is -0.119. The molecule has 11 heteroatoms. The van der Waals surface area contributed by atoms with Gasteiger partial charge < -0.3 is 14.5 Å². The van der Waals surface area contributed by atoms with E-state index in [9.17, 15) is 18.8 Å². The normalized spacial score (nSPS) is 14.6. The molecule has 27 heavy (non-hydrogen) atoms. The molecule has 0 aromatic carbocycles. The average molecular weight is 382 g/mol. The summed E-state index contributed by atoms with van der Waals surface area (Å²) in [5.41, 5.74) is 3.06. The molecule has 1 aliphatic rings. The number of hydrazine groups is 1. The van der Waals surface area contributed by atoms with Crippen LogP contribution in [0.1, 0.15) is 38.2 Å². The van der Waals surface area contributed by atoms with Crippen LogP contribution in [0.25, 0.3) is 0 Å². The molecule has 1 fully saturated rings. The summed E-state index contributed by atoms with van der Waals surface area (Å²) >= 11 is 0. The Morgan fingerprint density at radius 3 is 2.33 bits per heavy atom. The topological polar surface area (TPSA) is 117 Å². The predicted octanol–water partition coefficient (Wildman–Crippen LogP) is 0.454. The van der Waals surface area contributed by atoms with Crippen LogP contribution >= 0.6 is 0 Å². The molecule has 0 radical (unpaired) electrons. The van der Waals surface area contributed by atoms with Crippen LogP contribution in [0, 0.1) is 5.82 Å². The Morgan fingerprint density at radius 1 is 1.15 bits per heavy atom. The molecule has 0 atom stereocenters. The van der Waals surface area contributed by atoms with Gasteiger partial charge in [0.1, 0.15) is 5.60 Å². The summed E-state index contributed by atoms with van der Waals surface area (Å²) in [5, 5.41) is 0. The quantitative estimate of drug-likeness (QED) is 0.714. The second-order valence-corrected chi connectivity index (χ2v) is 6.96. The summed E-state index contributed by atoms with van der Waals surface area (Å²) in [5.74, 6) is -2.14. The van der Waals surface area contributed by atoms with Gasteiger partial charge in [0.25, 0.3) is 5.91 Å². The largest absolute Gasteiger partial charge is 0.444 e. The highest BCUT2D eigenvalue weighted by Crippen LogP contribution is 2.16. The molecule has 148 valence electrons. The molecule has 0 aliphatic carbocycles. The van der Waals surface area contributed by atoms with Gasteiger partial charge in [-0.3, -0.25) is 20.4 Å². The lowest BCUT2D eigenvalue weighted by atomic mass is 10.2. The number of piperazine rings is 1. The van der Waals surface area contributed by atoms with E-state index in [2.05, 4.69) is 20.8 Å². The van der Waals surface area contributed by atoms with E-state index < -0.39 is 35.0 Å². The first kappa shape index (κ1) is 20.3. The number of rotatable bonds is 2. The van der Waals surface area contributed by atoms with Crippen LogP contribution in [0.2, 0.25) is 0 Å². The number of nitrogens with zero attached hydrogens (tertiary/aromatic N) is 4. The summed E-state index contributed by atoms with van der Waals surface area (Å²) in [4.78, 5) is 46.0. The van der Waals surface area contributed by atoms with E-state index in [4.69, 9.17) is 4.74 Å². The molecule has 1 aliphatic heterocycles. The average Bonchev–Trinajstić information content (AvgIpc) is 2.58. The van der Waals surface area contributed by atoms with Gasteiger partial charge in [-0.15, -0.1) is 0 Å². The molecule has 1 aromatic heterocycles. The highest BCUT2D eigenvalue weighted by Gasteiger charge is 2.27. The fourth-order valence-electron chi connectivity index (χ4n) is 2.29. The first-order chi connectivity index (χ1) is 12.6. The first-order valence-electron chi connectivity index (χ1n) is 8.39. The highest BCUT2D eigenvalue weighted by atomic mass is 19.1. The predicted molar refractivity (Wildman–Crippen MR) is 93.3 cm³/mol. The Kier molecular flexibility index (Phi) is 6.13. The number of halogens is 1. The molecule has 2 N–H and O–H groups in total. The number of hydrogen-bond donors (Lipinski definition) is 2. The van der Waals surface area contributed by atoms with Crippen LogP contribution in [-0.4, -0.2) is 64.6 Å². The van der Waals surface area contributed by atoms with E-state index in [1.165, 1.54) is 6.92 Å². The van der Waals surface area contributed by atoms with Crippen molar-refractivity contribution in [2.45, 2.75) is 33.3 Å². The maximum atomic E-state index is 13.9. The van der Waals surface area contributed by atoms with Crippen molar-refractivity contribution >= 4 is 23.9 Å². The summed E-state index contributed by atoms with van der Waals surface area (Å²) < 4.78 is 19.2. The van der Waals surface area contributed by atoms with Crippen molar-refractivity contribution in [3.63, 3.8) is 0 Å².